The first-order valence-electron chi connectivity index (χ1n) is 9.71. The zero-order chi connectivity index (χ0) is 21.0. The number of benzene rings is 2. The lowest BCUT2D eigenvalue weighted by atomic mass is 9.89. The van der Waals surface area contributed by atoms with Gasteiger partial charge < -0.3 is 0 Å². The first-order valence-corrected chi connectivity index (χ1v) is 12.1. The molecule has 154 valence electrons. The third-order valence-corrected chi connectivity index (χ3v) is 7.31. The highest BCUT2D eigenvalue weighted by Crippen LogP contribution is 2.30. The molecule has 30 heavy (non-hydrogen) atoms. The topological polar surface area (TPSA) is 64.0 Å². The zero-order valence-corrected chi connectivity index (χ0v) is 18.2. The number of rotatable bonds is 8. The summed E-state index contributed by atoms with van der Waals surface area (Å²) in [5.74, 6) is 0.112. The Hall–Kier alpha value is -2.74. The lowest BCUT2D eigenvalue weighted by Gasteiger charge is -2.18. The number of nitrogens with zero attached hydrogens (tertiary/aromatic N) is 2. The second-order valence-electron chi connectivity index (χ2n) is 7.05. The number of thiophene rings is 1. The number of nitrogens with one attached hydrogen (secondary N) is 1. The van der Waals surface area contributed by atoms with Crippen LogP contribution in [0, 0.1) is 0 Å². The first kappa shape index (κ1) is 20.5. The fraction of sp³-hybridized carbons (Fsp3) is 0.174. The normalized spacial score (nSPS) is 11.8. The molecule has 0 saturated heterocycles. The molecule has 2 aromatic heterocycles. The highest BCUT2D eigenvalue weighted by Gasteiger charge is 2.24. The summed E-state index contributed by atoms with van der Waals surface area (Å²) in [6.07, 6.45) is 2.21. The van der Waals surface area contributed by atoms with Gasteiger partial charge in [-0.1, -0.05) is 66.7 Å². The maximum atomic E-state index is 13.1. The van der Waals surface area contributed by atoms with Crippen LogP contribution in [0.5, 0.6) is 0 Å². The molecular weight excluding hydrogens is 414 g/mol. The van der Waals surface area contributed by atoms with E-state index in [0.29, 0.717) is 18.7 Å². The minimum absolute atomic E-state index is 0.112. The highest BCUT2D eigenvalue weighted by molar-refractivity contribution is 7.89. The maximum absolute atomic E-state index is 13.1. The van der Waals surface area contributed by atoms with Gasteiger partial charge in [0.05, 0.1) is 4.88 Å². The molecule has 7 heteroatoms. The van der Waals surface area contributed by atoms with E-state index in [9.17, 15) is 8.42 Å². The Balaban J connectivity index is 1.54. The van der Waals surface area contributed by atoms with Gasteiger partial charge in [-0.15, -0.1) is 11.3 Å². The second kappa shape index (κ2) is 8.95. The molecule has 0 bridgehead atoms. The highest BCUT2D eigenvalue weighted by atomic mass is 32.2. The van der Waals surface area contributed by atoms with E-state index < -0.39 is 10.0 Å². The number of aromatic nitrogens is 2. The minimum atomic E-state index is -3.68. The number of hydrogen-bond donors (Lipinski definition) is 1. The lowest BCUT2D eigenvalue weighted by Crippen LogP contribution is -2.26. The van der Waals surface area contributed by atoms with Crippen molar-refractivity contribution in [1.29, 1.82) is 0 Å². The molecule has 0 saturated carbocycles. The van der Waals surface area contributed by atoms with E-state index in [-0.39, 0.29) is 10.8 Å². The molecule has 0 atom stereocenters. The number of sulfonamides is 1. The molecule has 0 fully saturated rings. The summed E-state index contributed by atoms with van der Waals surface area (Å²) in [7, 11) is -1.95. The summed E-state index contributed by atoms with van der Waals surface area (Å²) in [6.45, 7) is 0.329. The van der Waals surface area contributed by atoms with Crippen LogP contribution in [0.4, 0.5) is 0 Å². The van der Waals surface area contributed by atoms with E-state index >= 15 is 0 Å². The van der Waals surface area contributed by atoms with E-state index in [1.54, 1.807) is 17.9 Å². The fourth-order valence-corrected chi connectivity index (χ4v) is 5.59. The van der Waals surface area contributed by atoms with Crippen LogP contribution in [0.3, 0.4) is 0 Å². The molecule has 2 aromatic carbocycles. The van der Waals surface area contributed by atoms with Gasteiger partial charge in [-0.3, -0.25) is 4.68 Å². The number of hydrogen-bond acceptors (Lipinski definition) is 4. The third-order valence-electron chi connectivity index (χ3n) is 4.97. The van der Waals surface area contributed by atoms with Crippen molar-refractivity contribution in [3.05, 3.63) is 95.5 Å². The summed E-state index contributed by atoms with van der Waals surface area (Å²) < 4.78 is 30.4. The average Bonchev–Trinajstić information content (AvgIpc) is 3.42. The van der Waals surface area contributed by atoms with Crippen molar-refractivity contribution in [2.24, 2.45) is 7.05 Å². The molecule has 2 heterocycles. The van der Waals surface area contributed by atoms with Crippen LogP contribution in [0.15, 0.2) is 89.3 Å². The van der Waals surface area contributed by atoms with Gasteiger partial charge in [-0.25, -0.2) is 13.1 Å². The average molecular weight is 438 g/mol. The zero-order valence-electron chi connectivity index (χ0n) is 16.6. The van der Waals surface area contributed by atoms with Crippen LogP contribution < -0.4 is 4.72 Å². The Morgan fingerprint density at radius 3 is 2.17 bits per heavy atom. The molecule has 5 nitrogen and oxygen atoms in total. The van der Waals surface area contributed by atoms with Gasteiger partial charge in [0.2, 0.25) is 10.0 Å². The molecule has 0 aliphatic heterocycles. The van der Waals surface area contributed by atoms with Crippen molar-refractivity contribution in [1.82, 2.24) is 14.5 Å². The van der Waals surface area contributed by atoms with Crippen molar-refractivity contribution in [2.45, 2.75) is 17.2 Å². The predicted octanol–water partition coefficient (Wildman–Crippen LogP) is 4.65. The Kier molecular flexibility index (Phi) is 6.13. The molecule has 0 spiro atoms. The first-order chi connectivity index (χ1) is 14.5. The molecule has 0 radical (unpaired) electrons. The van der Waals surface area contributed by atoms with Gasteiger partial charge in [0.15, 0.2) is 0 Å². The van der Waals surface area contributed by atoms with E-state index in [2.05, 4.69) is 34.1 Å². The third kappa shape index (κ3) is 4.53. The van der Waals surface area contributed by atoms with Crippen LogP contribution in [-0.4, -0.2) is 24.7 Å². The second-order valence-corrected chi connectivity index (χ2v) is 9.74. The Bertz CT molecular complexity index is 1150. The summed E-state index contributed by atoms with van der Waals surface area (Å²) in [6, 6.07) is 24.1. The van der Waals surface area contributed by atoms with Gasteiger partial charge in [0.25, 0.3) is 0 Å². The Morgan fingerprint density at radius 2 is 1.60 bits per heavy atom. The standard InChI is InChI=1S/C23H23N3O2S2/c1-26-17-22(23(25-26)21-13-8-16-29-21)30(27,28)24-15-14-20(18-9-4-2-5-10-18)19-11-6-3-7-12-19/h2-13,16-17,20,24H,14-15H2,1H3. The lowest BCUT2D eigenvalue weighted by molar-refractivity contribution is 0.575. The van der Waals surface area contributed by atoms with Crippen LogP contribution in [0.1, 0.15) is 23.5 Å². The van der Waals surface area contributed by atoms with Crippen molar-refractivity contribution in [3.63, 3.8) is 0 Å². The molecule has 4 aromatic rings. The molecule has 0 aliphatic carbocycles. The van der Waals surface area contributed by atoms with Crippen molar-refractivity contribution in [2.75, 3.05) is 6.54 Å². The monoisotopic (exact) mass is 437 g/mol. The van der Waals surface area contributed by atoms with Crippen molar-refractivity contribution < 1.29 is 8.42 Å². The van der Waals surface area contributed by atoms with Crippen LogP contribution in [0.25, 0.3) is 10.6 Å². The van der Waals surface area contributed by atoms with Gasteiger partial charge in [-0.05, 0) is 29.0 Å². The summed E-state index contributed by atoms with van der Waals surface area (Å²) in [4.78, 5) is 1.05. The number of aryl methyl sites for hydroxylation is 1. The van der Waals surface area contributed by atoms with E-state index in [4.69, 9.17) is 0 Å². The molecule has 0 amide bonds. The largest absolute Gasteiger partial charge is 0.274 e. The molecule has 1 N–H and O–H groups in total. The smallest absolute Gasteiger partial charge is 0.244 e. The minimum Gasteiger partial charge on any atom is -0.274 e. The van der Waals surface area contributed by atoms with E-state index in [0.717, 1.165) is 4.88 Å². The molecular formula is C23H23N3O2S2. The van der Waals surface area contributed by atoms with Gasteiger partial charge >= 0.3 is 0 Å². The Morgan fingerprint density at radius 1 is 0.967 bits per heavy atom. The van der Waals surface area contributed by atoms with Crippen LogP contribution in [0.2, 0.25) is 0 Å². The van der Waals surface area contributed by atoms with Crippen molar-refractivity contribution >= 4 is 21.4 Å². The molecule has 4 rings (SSSR count). The SMILES string of the molecule is Cn1cc(S(=O)(=O)NCCC(c2ccccc2)c2ccccc2)c(-c2cccs2)n1. The predicted molar refractivity (Wildman–Crippen MR) is 121 cm³/mol. The summed E-state index contributed by atoms with van der Waals surface area (Å²) in [5.41, 5.74) is 2.83. The summed E-state index contributed by atoms with van der Waals surface area (Å²) >= 11 is 1.47. The van der Waals surface area contributed by atoms with Gasteiger partial charge in [-0.2, -0.15) is 5.10 Å². The van der Waals surface area contributed by atoms with Gasteiger partial charge in [0.1, 0.15) is 10.6 Å². The van der Waals surface area contributed by atoms with E-state index in [1.807, 2.05) is 53.9 Å². The van der Waals surface area contributed by atoms with Crippen molar-refractivity contribution in [3.8, 4) is 10.6 Å². The molecule has 0 unspecified atom stereocenters. The molecule has 0 aliphatic rings. The van der Waals surface area contributed by atoms with Gasteiger partial charge in [0, 0.05) is 25.7 Å². The fourth-order valence-electron chi connectivity index (χ4n) is 3.56. The summed E-state index contributed by atoms with van der Waals surface area (Å²) in [5, 5.41) is 6.28. The Labute approximate surface area is 181 Å². The van der Waals surface area contributed by atoms with Crippen LogP contribution in [-0.2, 0) is 17.1 Å². The van der Waals surface area contributed by atoms with E-state index in [1.165, 1.54) is 22.5 Å². The van der Waals surface area contributed by atoms with Crippen LogP contribution >= 0.6 is 11.3 Å². The quantitative estimate of drug-likeness (QED) is 0.436. The maximum Gasteiger partial charge on any atom is 0.244 e.